The van der Waals surface area contributed by atoms with Crippen LogP contribution in [0.5, 0.6) is 0 Å². The summed E-state index contributed by atoms with van der Waals surface area (Å²) in [6, 6.07) is -0.778. The van der Waals surface area contributed by atoms with Crippen LogP contribution >= 0.6 is 0 Å². The fourth-order valence-electron chi connectivity index (χ4n) is 3.51. The first-order valence-electron chi connectivity index (χ1n) is 8.17. The van der Waals surface area contributed by atoms with Gasteiger partial charge < -0.3 is 19.8 Å². The molecule has 2 heterocycles. The van der Waals surface area contributed by atoms with Gasteiger partial charge in [-0.2, -0.15) is 0 Å². The second kappa shape index (κ2) is 6.54. The molecule has 0 saturated carbocycles. The number of carboxylic acids is 1. The average Bonchev–Trinajstić information content (AvgIpc) is 2.45. The normalized spacial score (nSPS) is 39.5. The molecule has 0 radical (unpaired) electrons. The summed E-state index contributed by atoms with van der Waals surface area (Å²) in [5.41, 5.74) is 0. The van der Waals surface area contributed by atoms with E-state index < -0.39 is 17.8 Å². The fraction of sp³-hybridized carbons (Fsp3) is 0.875. The van der Waals surface area contributed by atoms with Crippen molar-refractivity contribution in [1.82, 2.24) is 4.90 Å². The number of carbonyl (C=O) groups excluding carboxylic acids is 1. The molecular weight excluding hydrogens is 286 g/mol. The molecule has 6 nitrogen and oxygen atoms in total. The molecular formula is C16H27NO5. The third-order valence-corrected chi connectivity index (χ3v) is 5.20. The van der Waals surface area contributed by atoms with E-state index in [0.29, 0.717) is 18.9 Å². The second-order valence-corrected chi connectivity index (χ2v) is 6.90. The molecule has 0 spiro atoms. The van der Waals surface area contributed by atoms with Crippen LogP contribution in [0.4, 0.5) is 0 Å². The largest absolute Gasteiger partial charge is 0.480 e. The van der Waals surface area contributed by atoms with Gasteiger partial charge in [-0.05, 0) is 38.5 Å². The van der Waals surface area contributed by atoms with Crippen molar-refractivity contribution in [3.05, 3.63) is 0 Å². The summed E-state index contributed by atoms with van der Waals surface area (Å²) in [6.45, 7) is 6.27. The van der Waals surface area contributed by atoms with Gasteiger partial charge in [0.15, 0.2) is 5.79 Å². The number of carboxylic acid groups (broad SMARTS) is 1. The van der Waals surface area contributed by atoms with Crippen LogP contribution in [-0.4, -0.2) is 51.5 Å². The maximum atomic E-state index is 12.5. The molecule has 0 aromatic carbocycles. The minimum Gasteiger partial charge on any atom is -0.480 e. The fourth-order valence-corrected chi connectivity index (χ4v) is 3.51. The second-order valence-electron chi connectivity index (χ2n) is 6.90. The Hall–Kier alpha value is -1.14. The first-order chi connectivity index (χ1) is 10.2. The Kier molecular flexibility index (Phi) is 5.12. The zero-order chi connectivity index (χ0) is 16.5. The Morgan fingerprint density at radius 1 is 1.27 bits per heavy atom. The topological polar surface area (TPSA) is 87.1 Å². The molecule has 1 amide bonds. The van der Waals surface area contributed by atoms with E-state index in [1.54, 1.807) is 0 Å². The highest BCUT2D eigenvalue weighted by Crippen LogP contribution is 2.38. The lowest BCUT2D eigenvalue weighted by Gasteiger charge is -2.45. The quantitative estimate of drug-likeness (QED) is 0.826. The third kappa shape index (κ3) is 3.43. The Morgan fingerprint density at radius 2 is 1.95 bits per heavy atom. The summed E-state index contributed by atoms with van der Waals surface area (Å²) < 4.78 is 5.72. The van der Waals surface area contributed by atoms with Gasteiger partial charge in [-0.1, -0.05) is 13.8 Å². The van der Waals surface area contributed by atoms with Gasteiger partial charge in [-0.15, -0.1) is 0 Å². The number of nitrogens with zero attached hydrogens (tertiary/aromatic N) is 1. The lowest BCUT2D eigenvalue weighted by Crippen LogP contribution is -2.54. The summed E-state index contributed by atoms with van der Waals surface area (Å²) in [4.78, 5) is 25.2. The maximum Gasteiger partial charge on any atom is 0.326 e. The standard InChI is InChI=1S/C16H27NO5/c1-10-8-11(2)16(21,22-12(10)3)9-14(18)17-7-5-4-6-13(17)15(19)20/h10-13,21H,4-9H2,1-3H3,(H,19,20)/t10?,11-,12?,13+,16+/m1/s1. The summed E-state index contributed by atoms with van der Waals surface area (Å²) >= 11 is 0. The Bertz CT molecular complexity index is 440. The van der Waals surface area contributed by atoms with Gasteiger partial charge in [-0.3, -0.25) is 4.79 Å². The summed E-state index contributed by atoms with van der Waals surface area (Å²) in [5, 5.41) is 20.0. The van der Waals surface area contributed by atoms with E-state index in [1.165, 1.54) is 4.90 Å². The molecule has 2 aliphatic rings. The highest BCUT2D eigenvalue weighted by atomic mass is 16.6. The monoisotopic (exact) mass is 313 g/mol. The smallest absolute Gasteiger partial charge is 0.326 e. The van der Waals surface area contributed by atoms with Crippen molar-refractivity contribution in [2.75, 3.05) is 6.54 Å². The number of hydrogen-bond donors (Lipinski definition) is 2. The van der Waals surface area contributed by atoms with Crippen LogP contribution in [0.25, 0.3) is 0 Å². The summed E-state index contributed by atoms with van der Waals surface area (Å²) in [5.74, 6) is -2.63. The van der Waals surface area contributed by atoms with Crippen molar-refractivity contribution >= 4 is 11.9 Å². The molecule has 0 aromatic rings. The Balaban J connectivity index is 2.08. The molecule has 2 aliphatic heterocycles. The highest BCUT2D eigenvalue weighted by molar-refractivity contribution is 5.84. The van der Waals surface area contributed by atoms with Crippen molar-refractivity contribution in [1.29, 1.82) is 0 Å². The number of rotatable bonds is 3. The minimum atomic E-state index is -1.50. The van der Waals surface area contributed by atoms with Crippen LogP contribution in [0.2, 0.25) is 0 Å². The van der Waals surface area contributed by atoms with Gasteiger partial charge in [0.2, 0.25) is 5.91 Å². The number of aliphatic carboxylic acids is 1. The van der Waals surface area contributed by atoms with E-state index in [9.17, 15) is 19.8 Å². The number of ether oxygens (including phenoxy) is 1. The van der Waals surface area contributed by atoms with E-state index in [0.717, 1.165) is 19.3 Å². The van der Waals surface area contributed by atoms with E-state index in [2.05, 4.69) is 6.92 Å². The molecule has 126 valence electrons. The van der Waals surface area contributed by atoms with Crippen molar-refractivity contribution in [2.24, 2.45) is 11.8 Å². The predicted molar refractivity (Wildman–Crippen MR) is 80.0 cm³/mol. The highest BCUT2D eigenvalue weighted by Gasteiger charge is 2.46. The number of amides is 1. The van der Waals surface area contributed by atoms with E-state index >= 15 is 0 Å². The molecule has 5 atom stereocenters. The first kappa shape index (κ1) is 17.2. The van der Waals surface area contributed by atoms with Gasteiger partial charge in [0.25, 0.3) is 0 Å². The lowest BCUT2D eigenvalue weighted by molar-refractivity contribution is -0.289. The van der Waals surface area contributed by atoms with Crippen molar-refractivity contribution in [3.63, 3.8) is 0 Å². The van der Waals surface area contributed by atoms with E-state index in [-0.39, 0.29) is 24.3 Å². The van der Waals surface area contributed by atoms with Crippen LogP contribution in [0.3, 0.4) is 0 Å². The SMILES string of the molecule is CC1C[C@@H](C)[C@](O)(CC(=O)N2CCCC[C@H]2C(=O)O)OC1C. The first-order valence-corrected chi connectivity index (χ1v) is 8.17. The van der Waals surface area contributed by atoms with Crippen molar-refractivity contribution < 1.29 is 24.5 Å². The van der Waals surface area contributed by atoms with Crippen molar-refractivity contribution in [3.8, 4) is 0 Å². The molecule has 22 heavy (non-hydrogen) atoms. The molecule has 2 fully saturated rings. The molecule has 2 N–H and O–H groups in total. The molecule has 2 rings (SSSR count). The molecule has 0 bridgehead atoms. The van der Waals surface area contributed by atoms with Gasteiger partial charge in [0.1, 0.15) is 6.04 Å². The number of hydrogen-bond acceptors (Lipinski definition) is 4. The maximum absolute atomic E-state index is 12.5. The summed E-state index contributed by atoms with van der Waals surface area (Å²) in [6.07, 6.45) is 2.58. The Morgan fingerprint density at radius 3 is 2.59 bits per heavy atom. The van der Waals surface area contributed by atoms with Crippen LogP contribution in [0, 0.1) is 11.8 Å². The average molecular weight is 313 g/mol. The van der Waals surface area contributed by atoms with Gasteiger partial charge in [-0.25, -0.2) is 4.79 Å². The third-order valence-electron chi connectivity index (χ3n) is 5.20. The van der Waals surface area contributed by atoms with Gasteiger partial charge in [0.05, 0.1) is 12.5 Å². The number of piperidine rings is 1. The predicted octanol–water partition coefficient (Wildman–Crippen LogP) is 1.61. The minimum absolute atomic E-state index is 0.120. The molecule has 0 aromatic heterocycles. The van der Waals surface area contributed by atoms with Crippen LogP contribution in [-0.2, 0) is 14.3 Å². The number of likely N-dealkylation sites (tertiary alicyclic amines) is 1. The molecule has 0 aliphatic carbocycles. The van der Waals surface area contributed by atoms with Crippen LogP contribution < -0.4 is 0 Å². The molecule has 2 unspecified atom stereocenters. The van der Waals surface area contributed by atoms with E-state index in [4.69, 9.17) is 4.74 Å². The van der Waals surface area contributed by atoms with Gasteiger partial charge in [0, 0.05) is 12.5 Å². The van der Waals surface area contributed by atoms with Crippen LogP contribution in [0.1, 0.15) is 52.9 Å². The van der Waals surface area contributed by atoms with E-state index in [1.807, 2.05) is 13.8 Å². The lowest BCUT2D eigenvalue weighted by atomic mass is 9.82. The Labute approximate surface area is 131 Å². The van der Waals surface area contributed by atoms with Crippen LogP contribution in [0.15, 0.2) is 0 Å². The zero-order valence-corrected chi connectivity index (χ0v) is 13.6. The molecule has 2 saturated heterocycles. The zero-order valence-electron chi connectivity index (χ0n) is 13.6. The van der Waals surface area contributed by atoms with Gasteiger partial charge >= 0.3 is 5.97 Å². The molecule has 6 heteroatoms. The van der Waals surface area contributed by atoms with Crippen molar-refractivity contribution in [2.45, 2.75) is 70.8 Å². The number of carbonyl (C=O) groups is 2. The number of aliphatic hydroxyl groups is 1. The summed E-state index contributed by atoms with van der Waals surface area (Å²) in [7, 11) is 0.